The molecule has 3 amide bonds. The predicted molar refractivity (Wildman–Crippen MR) is 128 cm³/mol. The Bertz CT molecular complexity index is 1240. The van der Waals surface area contributed by atoms with E-state index in [2.05, 4.69) is 4.98 Å². The molecule has 2 unspecified atom stereocenters. The Morgan fingerprint density at radius 3 is 2.69 bits per heavy atom. The Hall–Kier alpha value is -2.87. The third kappa shape index (κ3) is 3.46. The van der Waals surface area contributed by atoms with E-state index in [9.17, 15) is 9.59 Å². The van der Waals surface area contributed by atoms with Crippen LogP contribution in [0.3, 0.4) is 0 Å². The summed E-state index contributed by atoms with van der Waals surface area (Å²) in [6, 6.07) is 14.4. The number of thioether (sulfide) groups is 1. The highest BCUT2D eigenvalue weighted by Gasteiger charge is 2.50. The molecule has 8 heteroatoms. The second-order valence-electron chi connectivity index (χ2n) is 7.56. The van der Waals surface area contributed by atoms with Crippen molar-refractivity contribution in [1.29, 1.82) is 0 Å². The van der Waals surface area contributed by atoms with Gasteiger partial charge in [0.05, 0.1) is 24.5 Å². The van der Waals surface area contributed by atoms with Crippen molar-refractivity contribution in [2.45, 2.75) is 11.3 Å². The van der Waals surface area contributed by atoms with E-state index in [-0.39, 0.29) is 18.0 Å². The molecule has 1 fully saturated rings. The number of benzene rings is 2. The zero-order valence-electron chi connectivity index (χ0n) is 17.3. The second kappa shape index (κ2) is 8.58. The van der Waals surface area contributed by atoms with Crippen LogP contribution < -0.4 is 4.90 Å². The number of ether oxygens (including phenoxy) is 1. The van der Waals surface area contributed by atoms with Crippen LogP contribution in [-0.4, -0.2) is 53.4 Å². The molecule has 0 radical (unpaired) electrons. The van der Waals surface area contributed by atoms with Crippen LogP contribution in [-0.2, 0) is 9.53 Å². The van der Waals surface area contributed by atoms with E-state index in [1.807, 2.05) is 54.6 Å². The number of amides is 3. The number of carbonyl (C=O) groups excluding carboxylic acids is 2. The molecule has 2 aliphatic heterocycles. The van der Waals surface area contributed by atoms with E-state index in [1.165, 1.54) is 16.7 Å². The van der Waals surface area contributed by atoms with Gasteiger partial charge in [-0.2, -0.15) is 0 Å². The first-order valence-electron chi connectivity index (χ1n) is 10.2. The minimum atomic E-state index is -0.477. The average molecular weight is 466 g/mol. The molecule has 0 spiro atoms. The highest BCUT2D eigenvalue weighted by atomic mass is 35.5. The second-order valence-corrected chi connectivity index (χ2v) is 9.15. The molecule has 32 heavy (non-hydrogen) atoms. The normalized spacial score (nSPS) is 20.6. The van der Waals surface area contributed by atoms with Crippen molar-refractivity contribution in [1.82, 2.24) is 9.88 Å². The van der Waals surface area contributed by atoms with Crippen molar-refractivity contribution in [2.24, 2.45) is 0 Å². The minimum Gasteiger partial charge on any atom is -0.383 e. The van der Waals surface area contributed by atoms with Gasteiger partial charge < -0.3 is 9.64 Å². The number of hydrogen-bond acceptors (Lipinski definition) is 5. The van der Waals surface area contributed by atoms with E-state index in [1.54, 1.807) is 24.4 Å². The molecule has 1 saturated heterocycles. The van der Waals surface area contributed by atoms with Gasteiger partial charge in [-0.3, -0.25) is 9.78 Å². The maximum Gasteiger partial charge on any atom is 0.332 e. The number of halogens is 1. The fourth-order valence-electron chi connectivity index (χ4n) is 4.16. The number of aromatic nitrogens is 1. The fraction of sp³-hybridized carbons (Fsp3) is 0.208. The summed E-state index contributed by atoms with van der Waals surface area (Å²) in [5, 5.41) is 1.80. The molecule has 6 nitrogen and oxygen atoms in total. The summed E-state index contributed by atoms with van der Waals surface area (Å²) in [5.41, 5.74) is 1.35. The Labute approximate surface area is 194 Å². The van der Waals surface area contributed by atoms with Crippen LogP contribution in [0.2, 0.25) is 5.02 Å². The Kier molecular flexibility index (Phi) is 5.63. The van der Waals surface area contributed by atoms with Crippen LogP contribution in [0, 0.1) is 0 Å². The molecule has 0 saturated carbocycles. The third-order valence-electron chi connectivity index (χ3n) is 5.71. The number of urea groups is 1. The molecule has 1 aromatic heterocycles. The van der Waals surface area contributed by atoms with Gasteiger partial charge in [0.2, 0.25) is 0 Å². The lowest BCUT2D eigenvalue weighted by Crippen LogP contribution is -2.62. The molecule has 3 aromatic rings. The van der Waals surface area contributed by atoms with Crippen LogP contribution in [0.25, 0.3) is 15.7 Å². The largest absolute Gasteiger partial charge is 0.383 e. The number of methoxy groups -OCH3 is 1. The van der Waals surface area contributed by atoms with Gasteiger partial charge in [0.1, 0.15) is 5.25 Å². The lowest BCUT2D eigenvalue weighted by Gasteiger charge is -2.41. The summed E-state index contributed by atoms with van der Waals surface area (Å²) in [6.45, 7) is 0.732. The van der Waals surface area contributed by atoms with Crippen LogP contribution >= 0.6 is 23.4 Å². The SMILES string of the molecule is COCCN1C(=O)N(c2cncc3ccccc23)C(=O)C2SC(c3ccccc3Cl)=CC21. The number of hydrogen-bond donors (Lipinski definition) is 0. The standard InChI is InChI=1S/C24H20ClN3O3S/c1-31-11-10-27-19-12-21(17-8-4-5-9-18(17)25)32-22(19)23(29)28(24(27)30)20-14-26-13-15-6-2-3-7-16(15)20/h2-9,12-14,19,22H,10-11H2,1H3. The summed E-state index contributed by atoms with van der Waals surface area (Å²) in [6.07, 6.45) is 5.28. The molecule has 5 rings (SSSR count). The molecular formula is C24H20ClN3O3S. The topological polar surface area (TPSA) is 62.7 Å². The number of nitrogens with zero attached hydrogens (tertiary/aromatic N) is 3. The molecule has 2 aliphatic rings. The highest BCUT2D eigenvalue weighted by molar-refractivity contribution is 8.09. The predicted octanol–water partition coefficient (Wildman–Crippen LogP) is 4.83. The van der Waals surface area contributed by atoms with Crippen molar-refractivity contribution < 1.29 is 14.3 Å². The zero-order chi connectivity index (χ0) is 22.2. The molecule has 3 heterocycles. The molecule has 0 N–H and O–H groups in total. The van der Waals surface area contributed by atoms with Crippen molar-refractivity contribution >= 4 is 56.7 Å². The van der Waals surface area contributed by atoms with Gasteiger partial charge in [-0.1, -0.05) is 54.1 Å². The number of fused-ring (bicyclic) bond motifs is 2. The number of carbonyl (C=O) groups is 2. The van der Waals surface area contributed by atoms with Crippen molar-refractivity contribution in [2.75, 3.05) is 25.2 Å². The van der Waals surface area contributed by atoms with Crippen LogP contribution in [0.4, 0.5) is 10.5 Å². The van der Waals surface area contributed by atoms with E-state index in [0.717, 1.165) is 21.2 Å². The van der Waals surface area contributed by atoms with Gasteiger partial charge in [0.25, 0.3) is 5.91 Å². The van der Waals surface area contributed by atoms with Crippen molar-refractivity contribution in [3.8, 4) is 0 Å². The highest BCUT2D eigenvalue weighted by Crippen LogP contribution is 2.46. The number of anilines is 1. The van der Waals surface area contributed by atoms with Crippen LogP contribution in [0.5, 0.6) is 0 Å². The maximum atomic E-state index is 13.7. The third-order valence-corrected chi connectivity index (χ3v) is 7.38. The first kappa shape index (κ1) is 21.0. The first-order chi connectivity index (χ1) is 15.6. The first-order valence-corrected chi connectivity index (χ1v) is 11.5. The summed E-state index contributed by atoms with van der Waals surface area (Å²) in [7, 11) is 1.60. The van der Waals surface area contributed by atoms with Gasteiger partial charge >= 0.3 is 6.03 Å². The van der Waals surface area contributed by atoms with Gasteiger partial charge in [0, 0.05) is 46.1 Å². The monoisotopic (exact) mass is 465 g/mol. The quantitative estimate of drug-likeness (QED) is 0.540. The van der Waals surface area contributed by atoms with Crippen molar-refractivity contribution in [3.63, 3.8) is 0 Å². The summed E-state index contributed by atoms with van der Waals surface area (Å²) in [4.78, 5) is 35.4. The van der Waals surface area contributed by atoms with Gasteiger partial charge in [0.15, 0.2) is 0 Å². The zero-order valence-corrected chi connectivity index (χ0v) is 18.8. The van der Waals surface area contributed by atoms with Crippen molar-refractivity contribution in [3.05, 3.63) is 77.6 Å². The Morgan fingerprint density at radius 1 is 1.09 bits per heavy atom. The van der Waals surface area contributed by atoms with Gasteiger partial charge in [-0.15, -0.1) is 11.8 Å². The molecule has 162 valence electrons. The smallest absolute Gasteiger partial charge is 0.332 e. The Balaban J connectivity index is 1.58. The molecular weight excluding hydrogens is 446 g/mol. The summed E-state index contributed by atoms with van der Waals surface area (Å²) >= 11 is 7.86. The van der Waals surface area contributed by atoms with E-state index in [4.69, 9.17) is 16.3 Å². The van der Waals surface area contributed by atoms with E-state index >= 15 is 0 Å². The van der Waals surface area contributed by atoms with Crippen LogP contribution in [0.1, 0.15) is 5.56 Å². The fourth-order valence-corrected chi connectivity index (χ4v) is 5.83. The number of pyridine rings is 1. The lowest BCUT2D eigenvalue weighted by atomic mass is 10.0. The minimum absolute atomic E-state index is 0.255. The molecule has 0 aliphatic carbocycles. The molecule has 2 atom stereocenters. The Morgan fingerprint density at radius 2 is 1.88 bits per heavy atom. The average Bonchev–Trinajstić information content (AvgIpc) is 3.25. The molecule has 0 bridgehead atoms. The maximum absolute atomic E-state index is 13.7. The van der Waals surface area contributed by atoms with E-state index < -0.39 is 5.25 Å². The van der Waals surface area contributed by atoms with E-state index in [0.29, 0.717) is 23.9 Å². The number of imide groups is 1. The lowest BCUT2D eigenvalue weighted by molar-refractivity contribution is -0.119. The molecule has 2 aromatic carbocycles. The number of rotatable bonds is 5. The van der Waals surface area contributed by atoms with Gasteiger partial charge in [-0.25, -0.2) is 9.69 Å². The summed E-state index contributed by atoms with van der Waals surface area (Å²) in [5.74, 6) is -0.255. The van der Waals surface area contributed by atoms with Gasteiger partial charge in [-0.05, 0) is 12.1 Å². The van der Waals surface area contributed by atoms with Crippen LogP contribution in [0.15, 0.2) is 67.0 Å². The summed E-state index contributed by atoms with van der Waals surface area (Å²) < 4.78 is 5.25.